The number of aryl methyl sites for hydroxylation is 2. The summed E-state index contributed by atoms with van der Waals surface area (Å²) >= 11 is 1.11. The molecule has 0 bridgehead atoms. The van der Waals surface area contributed by atoms with Gasteiger partial charge in [-0.15, -0.1) is 5.10 Å². The van der Waals surface area contributed by atoms with E-state index in [-0.39, 0.29) is 5.91 Å². The summed E-state index contributed by atoms with van der Waals surface area (Å²) in [5, 5.41) is 13.4. The van der Waals surface area contributed by atoms with Crippen LogP contribution in [0.15, 0.2) is 54.6 Å². The molecule has 0 atom stereocenters. The van der Waals surface area contributed by atoms with Crippen LogP contribution < -0.4 is 20.7 Å². The number of nitrogens with one attached hydrogen (secondary N) is 3. The SMILES string of the molecule is CCCc1nnsc1C(=O)Nc1ccc(Nc2nc(C)cc(Nc3ccc(OC)cc3)n2)cc1. The van der Waals surface area contributed by atoms with Crippen molar-refractivity contribution >= 4 is 46.3 Å². The van der Waals surface area contributed by atoms with E-state index in [1.807, 2.05) is 68.4 Å². The predicted molar refractivity (Wildman–Crippen MR) is 135 cm³/mol. The summed E-state index contributed by atoms with van der Waals surface area (Å²) in [5.41, 5.74) is 3.92. The third-order valence-corrected chi connectivity index (χ3v) is 5.63. The van der Waals surface area contributed by atoms with E-state index >= 15 is 0 Å². The monoisotopic (exact) mass is 475 g/mol. The van der Waals surface area contributed by atoms with E-state index in [2.05, 4.69) is 35.5 Å². The summed E-state index contributed by atoms with van der Waals surface area (Å²) < 4.78 is 9.10. The van der Waals surface area contributed by atoms with Crippen LogP contribution in [-0.2, 0) is 6.42 Å². The van der Waals surface area contributed by atoms with Crippen molar-refractivity contribution in [3.05, 3.63) is 70.9 Å². The van der Waals surface area contributed by atoms with Crippen molar-refractivity contribution in [2.24, 2.45) is 0 Å². The number of aromatic nitrogens is 4. The molecule has 0 aliphatic heterocycles. The molecule has 0 spiro atoms. The Morgan fingerprint density at radius 1 is 0.971 bits per heavy atom. The Balaban J connectivity index is 1.41. The molecule has 0 aliphatic carbocycles. The highest BCUT2D eigenvalue weighted by Crippen LogP contribution is 2.23. The molecule has 10 heteroatoms. The zero-order valence-corrected chi connectivity index (χ0v) is 19.9. The lowest BCUT2D eigenvalue weighted by Gasteiger charge is -2.11. The smallest absolute Gasteiger partial charge is 0.269 e. The van der Waals surface area contributed by atoms with Crippen molar-refractivity contribution < 1.29 is 9.53 Å². The summed E-state index contributed by atoms with van der Waals surface area (Å²) in [6.07, 6.45) is 1.64. The third-order valence-electron chi connectivity index (χ3n) is 4.86. The Bertz CT molecular complexity index is 1260. The molecule has 174 valence electrons. The maximum atomic E-state index is 12.6. The Labute approximate surface area is 201 Å². The maximum Gasteiger partial charge on any atom is 0.269 e. The molecule has 34 heavy (non-hydrogen) atoms. The fourth-order valence-corrected chi connectivity index (χ4v) is 3.85. The van der Waals surface area contributed by atoms with Crippen molar-refractivity contribution in [3.63, 3.8) is 0 Å². The van der Waals surface area contributed by atoms with Crippen LogP contribution in [0, 0.1) is 6.92 Å². The Morgan fingerprint density at radius 2 is 1.65 bits per heavy atom. The Hall–Kier alpha value is -4.05. The minimum atomic E-state index is -0.199. The second-order valence-corrected chi connectivity index (χ2v) is 8.28. The predicted octanol–water partition coefficient (Wildman–Crippen LogP) is 5.34. The van der Waals surface area contributed by atoms with Gasteiger partial charge in [-0.25, -0.2) is 4.98 Å². The molecule has 0 saturated heterocycles. The average Bonchev–Trinajstić information content (AvgIpc) is 3.29. The van der Waals surface area contributed by atoms with E-state index in [0.29, 0.717) is 22.3 Å². The topological polar surface area (TPSA) is 114 Å². The minimum absolute atomic E-state index is 0.199. The van der Waals surface area contributed by atoms with Crippen molar-refractivity contribution in [2.45, 2.75) is 26.7 Å². The summed E-state index contributed by atoms with van der Waals surface area (Å²) in [7, 11) is 1.64. The summed E-state index contributed by atoms with van der Waals surface area (Å²) in [5.74, 6) is 1.73. The summed E-state index contributed by atoms with van der Waals surface area (Å²) in [4.78, 5) is 22.1. The van der Waals surface area contributed by atoms with Gasteiger partial charge in [-0.2, -0.15) is 4.98 Å². The zero-order chi connectivity index (χ0) is 23.9. The van der Waals surface area contributed by atoms with Gasteiger partial charge in [-0.1, -0.05) is 17.8 Å². The van der Waals surface area contributed by atoms with Gasteiger partial charge in [0.05, 0.1) is 12.8 Å². The lowest BCUT2D eigenvalue weighted by atomic mass is 10.2. The van der Waals surface area contributed by atoms with Crippen LogP contribution >= 0.6 is 11.5 Å². The first-order chi connectivity index (χ1) is 16.5. The van der Waals surface area contributed by atoms with Crippen LogP contribution in [0.5, 0.6) is 5.75 Å². The number of ether oxygens (including phenoxy) is 1. The number of nitrogens with zero attached hydrogens (tertiary/aromatic N) is 4. The number of carbonyl (C=O) groups excluding carboxylic acids is 1. The highest BCUT2D eigenvalue weighted by molar-refractivity contribution is 7.08. The van der Waals surface area contributed by atoms with E-state index in [0.717, 1.165) is 52.9 Å². The van der Waals surface area contributed by atoms with Gasteiger partial charge in [0.2, 0.25) is 5.95 Å². The van der Waals surface area contributed by atoms with E-state index < -0.39 is 0 Å². The highest BCUT2D eigenvalue weighted by atomic mass is 32.1. The molecule has 4 rings (SSSR count). The molecule has 2 heterocycles. The number of rotatable bonds is 9. The van der Waals surface area contributed by atoms with Crippen molar-refractivity contribution in [3.8, 4) is 5.75 Å². The van der Waals surface area contributed by atoms with Gasteiger partial charge in [-0.05, 0) is 73.4 Å². The van der Waals surface area contributed by atoms with E-state index in [1.165, 1.54) is 0 Å². The van der Waals surface area contributed by atoms with Gasteiger partial charge < -0.3 is 20.7 Å². The van der Waals surface area contributed by atoms with Crippen LogP contribution in [0.2, 0.25) is 0 Å². The Morgan fingerprint density at radius 3 is 2.35 bits per heavy atom. The second-order valence-electron chi connectivity index (χ2n) is 7.53. The number of carbonyl (C=O) groups is 1. The van der Waals surface area contributed by atoms with E-state index in [9.17, 15) is 4.79 Å². The number of hydrogen-bond donors (Lipinski definition) is 3. The van der Waals surface area contributed by atoms with Gasteiger partial charge in [0.1, 0.15) is 16.4 Å². The molecule has 9 nitrogen and oxygen atoms in total. The lowest BCUT2D eigenvalue weighted by Crippen LogP contribution is -2.12. The van der Waals surface area contributed by atoms with Crippen molar-refractivity contribution in [1.29, 1.82) is 0 Å². The highest BCUT2D eigenvalue weighted by Gasteiger charge is 2.15. The molecular formula is C24H25N7O2S. The number of hydrogen-bond acceptors (Lipinski definition) is 9. The molecule has 3 N–H and O–H groups in total. The number of methoxy groups -OCH3 is 1. The standard InChI is InChI=1S/C24H25N7O2S/c1-4-5-20-22(34-31-30-20)23(32)27-17-6-8-18(9-7-17)28-24-25-15(2)14-21(29-24)26-16-10-12-19(33-3)13-11-16/h6-14H,4-5H2,1-3H3,(H,27,32)(H2,25,26,28,29). The van der Waals surface area contributed by atoms with Gasteiger partial charge in [-0.3, -0.25) is 4.79 Å². The van der Waals surface area contributed by atoms with Gasteiger partial charge in [0, 0.05) is 28.8 Å². The van der Waals surface area contributed by atoms with Crippen molar-refractivity contribution in [2.75, 3.05) is 23.1 Å². The number of amides is 1. The first-order valence-corrected chi connectivity index (χ1v) is 11.6. The largest absolute Gasteiger partial charge is 0.497 e. The first-order valence-electron chi connectivity index (χ1n) is 10.8. The summed E-state index contributed by atoms with van der Waals surface area (Å²) in [6, 6.07) is 16.8. The number of benzene rings is 2. The second kappa shape index (κ2) is 10.7. The first kappa shape index (κ1) is 23.1. The molecule has 4 aromatic rings. The normalized spacial score (nSPS) is 10.6. The minimum Gasteiger partial charge on any atom is -0.497 e. The molecular weight excluding hydrogens is 450 g/mol. The number of anilines is 5. The van der Waals surface area contributed by atoms with Crippen LogP contribution in [0.3, 0.4) is 0 Å². The van der Waals surface area contributed by atoms with Crippen LogP contribution in [0.4, 0.5) is 28.8 Å². The molecule has 2 aromatic heterocycles. The molecule has 2 aromatic carbocycles. The molecule has 0 unspecified atom stereocenters. The lowest BCUT2D eigenvalue weighted by molar-refractivity contribution is 0.102. The molecule has 0 fully saturated rings. The maximum absolute atomic E-state index is 12.6. The fourth-order valence-electron chi connectivity index (χ4n) is 3.25. The third kappa shape index (κ3) is 5.84. The quantitative estimate of drug-likeness (QED) is 0.297. The van der Waals surface area contributed by atoms with Gasteiger partial charge in [0.25, 0.3) is 5.91 Å². The molecule has 1 amide bonds. The molecule has 0 radical (unpaired) electrons. The van der Waals surface area contributed by atoms with Crippen LogP contribution in [-0.4, -0.2) is 32.6 Å². The average molecular weight is 476 g/mol. The van der Waals surface area contributed by atoms with Gasteiger partial charge in [0.15, 0.2) is 0 Å². The van der Waals surface area contributed by atoms with Crippen molar-refractivity contribution in [1.82, 2.24) is 19.6 Å². The zero-order valence-electron chi connectivity index (χ0n) is 19.1. The van der Waals surface area contributed by atoms with Crippen LogP contribution in [0.25, 0.3) is 0 Å². The van der Waals surface area contributed by atoms with E-state index in [1.54, 1.807) is 7.11 Å². The molecule has 0 aliphatic rings. The van der Waals surface area contributed by atoms with Crippen LogP contribution in [0.1, 0.15) is 34.4 Å². The van der Waals surface area contributed by atoms with Gasteiger partial charge >= 0.3 is 0 Å². The van der Waals surface area contributed by atoms with E-state index in [4.69, 9.17) is 4.74 Å². The fraction of sp³-hybridized carbons (Fsp3) is 0.208. The summed E-state index contributed by atoms with van der Waals surface area (Å²) in [6.45, 7) is 3.95. The Kier molecular flexibility index (Phi) is 7.28. The molecule has 0 saturated carbocycles.